The predicted molar refractivity (Wildman–Crippen MR) is 123 cm³/mol. The molecule has 29 heavy (non-hydrogen) atoms. The quantitative estimate of drug-likeness (QED) is 0.512. The van der Waals surface area contributed by atoms with Crippen LogP contribution >= 0.6 is 11.3 Å². The van der Waals surface area contributed by atoms with Crippen LogP contribution in [-0.2, 0) is 33.0 Å². The maximum absolute atomic E-state index is 4.92. The number of guanidine groups is 1. The van der Waals surface area contributed by atoms with Gasteiger partial charge in [-0.15, -0.1) is 0 Å². The molecule has 0 radical (unpaired) electrons. The molecule has 2 aromatic rings. The molecule has 1 aliphatic rings. The van der Waals surface area contributed by atoms with E-state index in [1.54, 1.807) is 11.3 Å². The van der Waals surface area contributed by atoms with E-state index in [0.29, 0.717) is 12.6 Å². The van der Waals surface area contributed by atoms with Crippen molar-refractivity contribution in [3.05, 3.63) is 39.3 Å². The average molecular weight is 417 g/mol. The van der Waals surface area contributed by atoms with Crippen molar-refractivity contribution in [1.82, 2.24) is 25.3 Å². The Balaban J connectivity index is 1.58. The van der Waals surface area contributed by atoms with E-state index in [1.165, 1.54) is 22.5 Å². The molecule has 2 aromatic heterocycles. The van der Waals surface area contributed by atoms with Crippen LogP contribution in [0.3, 0.4) is 0 Å². The molecule has 6 nitrogen and oxygen atoms in total. The summed E-state index contributed by atoms with van der Waals surface area (Å²) in [5.41, 5.74) is 5.19. The number of nitrogens with one attached hydrogen (secondary N) is 2. The Morgan fingerprint density at radius 2 is 2.03 bits per heavy atom. The zero-order chi connectivity index (χ0) is 20.6. The number of aryl methyl sites for hydroxylation is 2. The molecule has 0 bridgehead atoms. The van der Waals surface area contributed by atoms with Crippen molar-refractivity contribution in [1.29, 1.82) is 0 Å². The molecule has 160 valence electrons. The van der Waals surface area contributed by atoms with Crippen LogP contribution < -0.4 is 10.6 Å². The Bertz CT molecular complexity index is 772. The second kappa shape index (κ2) is 10.8. The van der Waals surface area contributed by atoms with Crippen LogP contribution in [0.1, 0.15) is 56.1 Å². The molecule has 1 saturated heterocycles. The highest BCUT2D eigenvalue weighted by Crippen LogP contribution is 2.17. The molecule has 0 aromatic carbocycles. The third-order valence-electron chi connectivity index (χ3n) is 5.68. The molecule has 0 saturated carbocycles. The molecule has 0 atom stereocenters. The molecule has 0 aliphatic carbocycles. The van der Waals surface area contributed by atoms with Gasteiger partial charge in [-0.2, -0.15) is 16.4 Å². The van der Waals surface area contributed by atoms with Crippen LogP contribution in [0.4, 0.5) is 0 Å². The Hall–Kier alpha value is -1.86. The standard InChI is InChI=1S/C22H36N6S/c1-5-20-19(21(6-2)27(4)26-20)14-24-22(23-7-3)25-18-8-11-28(12-9-18)15-17-10-13-29-16-17/h10,13,16,18H,5-9,11-12,14-15H2,1-4H3,(H2,23,24,25). The van der Waals surface area contributed by atoms with Gasteiger partial charge in [0.1, 0.15) is 0 Å². The van der Waals surface area contributed by atoms with Gasteiger partial charge in [-0.05, 0) is 55.0 Å². The van der Waals surface area contributed by atoms with Crippen molar-refractivity contribution in [2.75, 3.05) is 19.6 Å². The fraction of sp³-hybridized carbons (Fsp3) is 0.636. The Labute approximate surface area is 179 Å². The second-order valence-electron chi connectivity index (χ2n) is 7.72. The minimum atomic E-state index is 0.483. The monoisotopic (exact) mass is 416 g/mol. The SMILES string of the molecule is CCNC(=NCc1c(CC)nn(C)c1CC)NC1CCN(Cc2ccsc2)CC1. The summed E-state index contributed by atoms with van der Waals surface area (Å²) in [5, 5.41) is 16.2. The third-order valence-corrected chi connectivity index (χ3v) is 6.41. The largest absolute Gasteiger partial charge is 0.357 e. The third kappa shape index (κ3) is 5.82. The van der Waals surface area contributed by atoms with E-state index in [-0.39, 0.29) is 0 Å². The normalized spacial score (nSPS) is 16.3. The number of hydrogen-bond donors (Lipinski definition) is 2. The lowest BCUT2D eigenvalue weighted by molar-refractivity contribution is 0.198. The van der Waals surface area contributed by atoms with E-state index < -0.39 is 0 Å². The summed E-state index contributed by atoms with van der Waals surface area (Å²) in [4.78, 5) is 7.47. The van der Waals surface area contributed by atoms with Crippen LogP contribution in [0.2, 0.25) is 0 Å². The van der Waals surface area contributed by atoms with E-state index in [4.69, 9.17) is 4.99 Å². The number of piperidine rings is 1. The van der Waals surface area contributed by atoms with Crippen LogP contribution in [0.15, 0.2) is 21.8 Å². The summed E-state index contributed by atoms with van der Waals surface area (Å²) in [6.07, 6.45) is 4.25. The summed E-state index contributed by atoms with van der Waals surface area (Å²) < 4.78 is 2.02. The Kier molecular flexibility index (Phi) is 8.12. The number of aliphatic imine (C=N–C) groups is 1. The summed E-state index contributed by atoms with van der Waals surface area (Å²) in [5.74, 6) is 0.928. The summed E-state index contributed by atoms with van der Waals surface area (Å²) >= 11 is 1.78. The number of hydrogen-bond acceptors (Lipinski definition) is 4. The minimum absolute atomic E-state index is 0.483. The fourth-order valence-corrected chi connectivity index (χ4v) is 4.78. The van der Waals surface area contributed by atoms with Crippen molar-refractivity contribution in [3.8, 4) is 0 Å². The van der Waals surface area contributed by atoms with Crippen LogP contribution in [0.5, 0.6) is 0 Å². The molecule has 0 spiro atoms. The lowest BCUT2D eigenvalue weighted by Crippen LogP contribution is -2.48. The number of rotatable bonds is 8. The molecule has 1 aliphatic heterocycles. The van der Waals surface area contributed by atoms with E-state index in [1.807, 2.05) is 11.7 Å². The number of likely N-dealkylation sites (tertiary alicyclic amines) is 1. The molecule has 1 fully saturated rings. The van der Waals surface area contributed by atoms with E-state index in [2.05, 4.69) is 58.2 Å². The van der Waals surface area contributed by atoms with Gasteiger partial charge in [0.2, 0.25) is 0 Å². The molecular weight excluding hydrogens is 380 g/mol. The zero-order valence-corrected chi connectivity index (χ0v) is 19.2. The van der Waals surface area contributed by atoms with Gasteiger partial charge >= 0.3 is 0 Å². The van der Waals surface area contributed by atoms with Gasteiger partial charge in [0.25, 0.3) is 0 Å². The molecule has 2 N–H and O–H groups in total. The number of nitrogens with zero attached hydrogens (tertiary/aromatic N) is 4. The summed E-state index contributed by atoms with van der Waals surface area (Å²) in [6.45, 7) is 11.4. The van der Waals surface area contributed by atoms with Crippen LogP contribution in [-0.4, -0.2) is 46.3 Å². The first kappa shape index (κ1) is 21.8. The van der Waals surface area contributed by atoms with E-state index >= 15 is 0 Å². The maximum atomic E-state index is 4.92. The van der Waals surface area contributed by atoms with Gasteiger partial charge in [-0.3, -0.25) is 9.58 Å². The Morgan fingerprint density at radius 3 is 2.66 bits per heavy atom. The van der Waals surface area contributed by atoms with E-state index in [9.17, 15) is 0 Å². The molecule has 0 unspecified atom stereocenters. The van der Waals surface area contributed by atoms with Gasteiger partial charge in [0.15, 0.2) is 5.96 Å². The van der Waals surface area contributed by atoms with Gasteiger partial charge < -0.3 is 10.6 Å². The van der Waals surface area contributed by atoms with E-state index in [0.717, 1.165) is 57.8 Å². The van der Waals surface area contributed by atoms with Gasteiger partial charge in [0, 0.05) is 50.5 Å². The van der Waals surface area contributed by atoms with Crippen LogP contribution in [0.25, 0.3) is 0 Å². The molecule has 7 heteroatoms. The minimum Gasteiger partial charge on any atom is -0.357 e. The van der Waals surface area contributed by atoms with Crippen molar-refractivity contribution < 1.29 is 0 Å². The van der Waals surface area contributed by atoms with Gasteiger partial charge in [-0.25, -0.2) is 4.99 Å². The first-order valence-electron chi connectivity index (χ1n) is 11.0. The van der Waals surface area contributed by atoms with Crippen molar-refractivity contribution in [2.24, 2.45) is 12.0 Å². The highest BCUT2D eigenvalue weighted by atomic mass is 32.1. The van der Waals surface area contributed by atoms with Crippen molar-refractivity contribution >= 4 is 17.3 Å². The fourth-order valence-electron chi connectivity index (χ4n) is 4.12. The first-order chi connectivity index (χ1) is 14.1. The van der Waals surface area contributed by atoms with Crippen molar-refractivity contribution in [2.45, 2.75) is 65.6 Å². The Morgan fingerprint density at radius 1 is 1.24 bits per heavy atom. The molecular formula is C22H36N6S. The van der Waals surface area contributed by atoms with Gasteiger partial charge in [0.05, 0.1) is 12.2 Å². The van der Waals surface area contributed by atoms with Crippen molar-refractivity contribution in [3.63, 3.8) is 0 Å². The molecule has 0 amide bonds. The smallest absolute Gasteiger partial charge is 0.191 e. The molecule has 3 heterocycles. The summed E-state index contributed by atoms with van der Waals surface area (Å²) in [6, 6.07) is 2.72. The first-order valence-corrected chi connectivity index (χ1v) is 11.9. The van der Waals surface area contributed by atoms with Crippen LogP contribution in [0, 0.1) is 0 Å². The number of thiophene rings is 1. The maximum Gasteiger partial charge on any atom is 0.191 e. The zero-order valence-electron chi connectivity index (χ0n) is 18.4. The lowest BCUT2D eigenvalue weighted by atomic mass is 10.0. The highest BCUT2D eigenvalue weighted by Gasteiger charge is 2.20. The molecule has 3 rings (SSSR count). The summed E-state index contributed by atoms with van der Waals surface area (Å²) in [7, 11) is 2.04. The highest BCUT2D eigenvalue weighted by molar-refractivity contribution is 7.07. The lowest BCUT2D eigenvalue weighted by Gasteiger charge is -2.33. The second-order valence-corrected chi connectivity index (χ2v) is 8.50. The topological polar surface area (TPSA) is 57.5 Å². The predicted octanol–water partition coefficient (Wildman–Crippen LogP) is 3.33. The average Bonchev–Trinajstić information content (AvgIpc) is 3.34. The number of aromatic nitrogens is 2. The van der Waals surface area contributed by atoms with Gasteiger partial charge in [-0.1, -0.05) is 13.8 Å².